The molecule has 0 aliphatic carbocycles. The lowest BCUT2D eigenvalue weighted by Gasteiger charge is -2.19. The van der Waals surface area contributed by atoms with Gasteiger partial charge in [0.15, 0.2) is 5.96 Å². The fourth-order valence-electron chi connectivity index (χ4n) is 2.34. The number of benzene rings is 1. The van der Waals surface area contributed by atoms with Crippen LogP contribution in [0.15, 0.2) is 27.7 Å². The normalized spacial score (nSPS) is 10.7. The molecule has 0 fully saturated rings. The minimum Gasteiger partial charge on any atom is -0.496 e. The molecule has 0 saturated carbocycles. The van der Waals surface area contributed by atoms with Crippen LogP contribution < -0.4 is 15.4 Å². The highest BCUT2D eigenvalue weighted by Crippen LogP contribution is 2.25. The predicted molar refractivity (Wildman–Crippen MR) is 121 cm³/mol. The largest absolute Gasteiger partial charge is 0.496 e. The van der Waals surface area contributed by atoms with Gasteiger partial charge < -0.3 is 20.3 Å². The zero-order chi connectivity index (χ0) is 18.7. The number of halogens is 2. The molecule has 2 N–H and O–H groups in total. The van der Waals surface area contributed by atoms with Crippen molar-refractivity contribution in [2.75, 3.05) is 33.3 Å². The van der Waals surface area contributed by atoms with Crippen molar-refractivity contribution in [3.63, 3.8) is 0 Å². The molecule has 0 unspecified atom stereocenters. The highest BCUT2D eigenvalue weighted by Gasteiger charge is 2.09. The summed E-state index contributed by atoms with van der Waals surface area (Å²) < 4.78 is 6.14. The number of hydrogen-bond acceptors (Lipinski definition) is 3. The van der Waals surface area contributed by atoms with E-state index < -0.39 is 0 Å². The van der Waals surface area contributed by atoms with Gasteiger partial charge >= 0.3 is 0 Å². The fraction of sp³-hybridized carbons (Fsp3) is 0.556. The van der Waals surface area contributed by atoms with Crippen LogP contribution in [0.4, 0.5) is 0 Å². The van der Waals surface area contributed by atoms with Gasteiger partial charge in [-0.1, -0.05) is 6.07 Å². The Morgan fingerprint density at radius 1 is 1.23 bits per heavy atom. The van der Waals surface area contributed by atoms with Gasteiger partial charge in [-0.15, -0.1) is 24.0 Å². The summed E-state index contributed by atoms with van der Waals surface area (Å²) in [6.07, 6.45) is 0.459. The summed E-state index contributed by atoms with van der Waals surface area (Å²) in [6, 6.07) is 5.90. The van der Waals surface area contributed by atoms with Crippen molar-refractivity contribution in [3.05, 3.63) is 28.2 Å². The minimum atomic E-state index is 0. The molecule has 6 nitrogen and oxygen atoms in total. The highest BCUT2D eigenvalue weighted by molar-refractivity contribution is 14.0. The van der Waals surface area contributed by atoms with E-state index in [4.69, 9.17) is 4.74 Å². The number of carbonyl (C=O) groups excluding carboxylic acids is 1. The Morgan fingerprint density at radius 3 is 2.46 bits per heavy atom. The van der Waals surface area contributed by atoms with Gasteiger partial charge in [-0.2, -0.15) is 0 Å². The lowest BCUT2D eigenvalue weighted by molar-refractivity contribution is -0.130. The Kier molecular flexibility index (Phi) is 13.5. The van der Waals surface area contributed by atoms with Crippen molar-refractivity contribution in [2.45, 2.75) is 33.7 Å². The molecule has 0 saturated heterocycles. The Bertz CT molecular complexity index is 580. The first-order chi connectivity index (χ1) is 12.0. The molecule has 1 rings (SSSR count). The van der Waals surface area contributed by atoms with E-state index in [0.29, 0.717) is 25.5 Å². The number of methoxy groups -OCH3 is 1. The van der Waals surface area contributed by atoms with Gasteiger partial charge in [0.1, 0.15) is 5.75 Å². The molecular formula is C18H30BrIN4O2. The molecule has 0 spiro atoms. The molecular weight excluding hydrogens is 511 g/mol. The van der Waals surface area contributed by atoms with Gasteiger partial charge in [-0.3, -0.25) is 4.79 Å². The van der Waals surface area contributed by atoms with Gasteiger partial charge in [0, 0.05) is 32.6 Å². The van der Waals surface area contributed by atoms with Crippen LogP contribution in [0.5, 0.6) is 5.75 Å². The van der Waals surface area contributed by atoms with E-state index in [9.17, 15) is 4.79 Å². The minimum absolute atomic E-state index is 0. The highest BCUT2D eigenvalue weighted by atomic mass is 127. The number of amides is 1. The molecule has 148 valence electrons. The average molecular weight is 541 g/mol. The molecule has 0 bridgehead atoms. The third-order valence-electron chi connectivity index (χ3n) is 3.73. The molecule has 1 aromatic rings. The molecule has 0 heterocycles. The zero-order valence-corrected chi connectivity index (χ0v) is 19.9. The first-order valence-electron chi connectivity index (χ1n) is 8.67. The van der Waals surface area contributed by atoms with Gasteiger partial charge in [0.05, 0.1) is 18.1 Å². The second-order valence-electron chi connectivity index (χ2n) is 5.41. The van der Waals surface area contributed by atoms with Gasteiger partial charge in [0.2, 0.25) is 5.91 Å². The topological polar surface area (TPSA) is 66.0 Å². The molecule has 0 radical (unpaired) electrons. The van der Waals surface area contributed by atoms with Gasteiger partial charge in [0.25, 0.3) is 0 Å². The number of nitrogens with one attached hydrogen (secondary N) is 2. The number of aliphatic imine (C=N–C) groups is 1. The van der Waals surface area contributed by atoms with Crippen molar-refractivity contribution in [2.24, 2.45) is 4.99 Å². The van der Waals surface area contributed by atoms with E-state index in [1.54, 1.807) is 7.11 Å². The summed E-state index contributed by atoms with van der Waals surface area (Å²) in [5, 5.41) is 6.42. The van der Waals surface area contributed by atoms with Gasteiger partial charge in [-0.25, -0.2) is 4.99 Å². The van der Waals surface area contributed by atoms with Crippen LogP contribution in [0.25, 0.3) is 0 Å². The Morgan fingerprint density at radius 2 is 1.92 bits per heavy atom. The first-order valence-corrected chi connectivity index (χ1v) is 9.47. The van der Waals surface area contributed by atoms with Crippen LogP contribution in [-0.2, 0) is 11.3 Å². The summed E-state index contributed by atoms with van der Waals surface area (Å²) in [5.41, 5.74) is 1.07. The van der Waals surface area contributed by atoms with E-state index in [0.717, 1.165) is 35.4 Å². The fourth-order valence-corrected chi connectivity index (χ4v) is 2.93. The summed E-state index contributed by atoms with van der Waals surface area (Å²) in [4.78, 5) is 18.4. The van der Waals surface area contributed by atoms with E-state index in [1.807, 2.05) is 43.9 Å². The van der Waals surface area contributed by atoms with Crippen LogP contribution in [-0.4, -0.2) is 50.1 Å². The second kappa shape index (κ2) is 14.1. The molecule has 26 heavy (non-hydrogen) atoms. The van der Waals surface area contributed by atoms with Crippen LogP contribution in [0.2, 0.25) is 0 Å². The Hall–Kier alpha value is -1.03. The SMILES string of the molecule is CCNC(=NCc1ccc(OC)c(Br)c1)NCCC(=O)N(CC)CC.I. The number of guanidine groups is 1. The second-order valence-corrected chi connectivity index (χ2v) is 6.26. The molecule has 0 atom stereocenters. The summed E-state index contributed by atoms with van der Waals surface area (Å²) >= 11 is 3.48. The van der Waals surface area contributed by atoms with Crippen LogP contribution in [0, 0.1) is 0 Å². The number of carbonyl (C=O) groups is 1. The van der Waals surface area contributed by atoms with Crippen molar-refractivity contribution in [1.82, 2.24) is 15.5 Å². The smallest absolute Gasteiger partial charge is 0.224 e. The zero-order valence-electron chi connectivity index (χ0n) is 16.0. The van der Waals surface area contributed by atoms with E-state index in [-0.39, 0.29) is 29.9 Å². The Labute approximate surface area is 182 Å². The maximum atomic E-state index is 12.0. The maximum Gasteiger partial charge on any atom is 0.224 e. The van der Waals surface area contributed by atoms with E-state index in [1.165, 1.54) is 0 Å². The van der Waals surface area contributed by atoms with Crippen LogP contribution >= 0.6 is 39.9 Å². The van der Waals surface area contributed by atoms with E-state index in [2.05, 4.69) is 31.6 Å². The lowest BCUT2D eigenvalue weighted by Crippen LogP contribution is -2.40. The van der Waals surface area contributed by atoms with Crippen molar-refractivity contribution >= 4 is 51.8 Å². The molecule has 1 aromatic carbocycles. The first kappa shape index (κ1) is 25.0. The Balaban J connectivity index is 0.00000625. The van der Waals surface area contributed by atoms with Crippen molar-refractivity contribution in [3.8, 4) is 5.75 Å². The molecule has 0 aliphatic rings. The number of nitrogens with zero attached hydrogens (tertiary/aromatic N) is 2. The lowest BCUT2D eigenvalue weighted by atomic mass is 10.2. The van der Waals surface area contributed by atoms with E-state index >= 15 is 0 Å². The van der Waals surface area contributed by atoms with Crippen LogP contribution in [0.1, 0.15) is 32.8 Å². The third kappa shape index (κ3) is 8.57. The molecule has 1 amide bonds. The monoisotopic (exact) mass is 540 g/mol. The summed E-state index contributed by atoms with van der Waals surface area (Å²) in [7, 11) is 1.64. The van der Waals surface area contributed by atoms with Crippen LogP contribution in [0.3, 0.4) is 0 Å². The van der Waals surface area contributed by atoms with Gasteiger partial charge in [-0.05, 0) is 54.4 Å². The van der Waals surface area contributed by atoms with Crippen molar-refractivity contribution in [1.29, 1.82) is 0 Å². The third-order valence-corrected chi connectivity index (χ3v) is 4.35. The molecule has 8 heteroatoms. The average Bonchev–Trinajstić information content (AvgIpc) is 2.60. The molecule has 0 aliphatic heterocycles. The van der Waals surface area contributed by atoms with Crippen molar-refractivity contribution < 1.29 is 9.53 Å². The summed E-state index contributed by atoms with van der Waals surface area (Å²) in [6.45, 7) is 9.37. The standard InChI is InChI=1S/C18H29BrN4O2.HI/c1-5-20-18(21-11-10-17(24)23(6-2)7-3)22-13-14-8-9-16(25-4)15(19)12-14;/h8-9,12H,5-7,10-11,13H2,1-4H3,(H2,20,21,22);1H. The number of rotatable bonds is 9. The summed E-state index contributed by atoms with van der Waals surface area (Å²) in [5.74, 6) is 1.67. The molecule has 0 aromatic heterocycles. The quantitative estimate of drug-likeness (QED) is 0.286. The number of hydrogen-bond donors (Lipinski definition) is 2. The maximum absolute atomic E-state index is 12.0. The predicted octanol–water partition coefficient (Wildman–Crippen LogP) is 3.39. The number of ether oxygens (including phenoxy) is 1.